The largest absolute Gasteiger partial charge is 1.00 e. The lowest BCUT2D eigenvalue weighted by Gasteiger charge is -2.23. The highest BCUT2D eigenvalue weighted by molar-refractivity contribution is 6.01. The van der Waals surface area contributed by atoms with E-state index in [1.807, 2.05) is 6.07 Å². The van der Waals surface area contributed by atoms with Crippen LogP contribution in [0.15, 0.2) is 18.2 Å². The van der Waals surface area contributed by atoms with E-state index < -0.39 is 0 Å². The van der Waals surface area contributed by atoms with Gasteiger partial charge in [-0.15, -0.1) is 0 Å². The summed E-state index contributed by atoms with van der Waals surface area (Å²) in [5.74, 6) is 1.19. The molecule has 108 valence electrons. The van der Waals surface area contributed by atoms with Crippen LogP contribution in [0.1, 0.15) is 16.8 Å². The molecule has 0 spiro atoms. The molecule has 19 heavy (non-hydrogen) atoms. The Morgan fingerprint density at radius 3 is 1.95 bits per heavy atom. The summed E-state index contributed by atoms with van der Waals surface area (Å²) in [5, 5.41) is 0. The molecule has 0 N–H and O–H groups in total. The maximum absolute atomic E-state index is 12.3. The molecule has 0 fully saturated rings. The minimum atomic E-state index is 0. The third-order valence-corrected chi connectivity index (χ3v) is 2.72. The van der Waals surface area contributed by atoms with Crippen molar-refractivity contribution in [1.29, 1.82) is 0 Å². The number of carbonyl (C=O) groups is 1. The summed E-state index contributed by atoms with van der Waals surface area (Å²) in [5.41, 5.74) is 0.538. The summed E-state index contributed by atoms with van der Waals surface area (Å²) < 4.78 is 11.2. The number of quaternary nitrogens is 1. The van der Waals surface area contributed by atoms with E-state index in [9.17, 15) is 4.79 Å². The van der Waals surface area contributed by atoms with Gasteiger partial charge in [-0.1, -0.05) is 6.07 Å². The Bertz CT molecular complexity index is 405. The maximum Gasteiger partial charge on any atom is 0.175 e. The van der Waals surface area contributed by atoms with Crippen molar-refractivity contribution in [2.24, 2.45) is 0 Å². The molecule has 0 aliphatic heterocycles. The third kappa shape index (κ3) is 5.36. The second-order valence-corrected chi connectivity index (χ2v) is 5.22. The van der Waals surface area contributed by atoms with Crippen LogP contribution in [0.5, 0.6) is 11.5 Å². The van der Waals surface area contributed by atoms with E-state index in [-0.39, 0.29) is 29.8 Å². The van der Waals surface area contributed by atoms with Crippen LogP contribution in [0.2, 0.25) is 0 Å². The zero-order valence-electron chi connectivity index (χ0n) is 12.2. The molecular weight excluding hydrogens is 357 g/mol. The van der Waals surface area contributed by atoms with Crippen LogP contribution in [0, 0.1) is 0 Å². The second kappa shape index (κ2) is 7.69. The zero-order chi connectivity index (χ0) is 13.8. The van der Waals surface area contributed by atoms with Crippen molar-refractivity contribution < 1.29 is 42.7 Å². The van der Waals surface area contributed by atoms with Crippen LogP contribution in [-0.2, 0) is 0 Å². The highest BCUT2D eigenvalue weighted by atomic mass is 127. The van der Waals surface area contributed by atoms with Crippen molar-refractivity contribution in [2.75, 3.05) is 41.9 Å². The van der Waals surface area contributed by atoms with Gasteiger partial charge in [-0.3, -0.25) is 4.79 Å². The van der Waals surface area contributed by atoms with Gasteiger partial charge < -0.3 is 37.9 Å². The average molecular weight is 379 g/mol. The molecule has 0 saturated heterocycles. The first-order valence-corrected chi connectivity index (χ1v) is 5.93. The van der Waals surface area contributed by atoms with E-state index in [1.54, 1.807) is 26.4 Å². The van der Waals surface area contributed by atoms with E-state index >= 15 is 0 Å². The van der Waals surface area contributed by atoms with E-state index in [2.05, 4.69) is 21.1 Å². The Kier molecular flexibility index (Phi) is 7.36. The van der Waals surface area contributed by atoms with E-state index in [0.717, 1.165) is 11.0 Å². The Balaban J connectivity index is 0.00000324. The fraction of sp³-hybridized carbons (Fsp3) is 0.500. The molecule has 0 aliphatic rings. The Morgan fingerprint density at radius 2 is 1.58 bits per heavy atom. The quantitative estimate of drug-likeness (QED) is 0.361. The molecule has 0 amide bonds. The van der Waals surface area contributed by atoms with Crippen molar-refractivity contribution in [3.8, 4) is 11.5 Å². The number of hydrogen-bond donors (Lipinski definition) is 0. The highest BCUT2D eigenvalue weighted by Crippen LogP contribution is 2.29. The van der Waals surface area contributed by atoms with Crippen molar-refractivity contribution in [3.63, 3.8) is 0 Å². The molecule has 1 aromatic carbocycles. The molecule has 0 aromatic heterocycles. The molecule has 0 radical (unpaired) electrons. The van der Waals surface area contributed by atoms with E-state index in [0.29, 0.717) is 23.5 Å². The minimum absolute atomic E-state index is 0. The fourth-order valence-electron chi connectivity index (χ4n) is 1.69. The first-order chi connectivity index (χ1) is 8.39. The van der Waals surface area contributed by atoms with Gasteiger partial charge in [0.25, 0.3) is 0 Å². The number of ether oxygens (including phenoxy) is 2. The summed E-state index contributed by atoms with van der Waals surface area (Å²) in [6.07, 6.45) is 0.472. The molecule has 1 rings (SSSR count). The number of rotatable bonds is 6. The Labute approximate surface area is 132 Å². The monoisotopic (exact) mass is 379 g/mol. The van der Waals surface area contributed by atoms with Crippen molar-refractivity contribution in [2.45, 2.75) is 6.42 Å². The van der Waals surface area contributed by atoms with Crippen molar-refractivity contribution >= 4 is 5.78 Å². The van der Waals surface area contributed by atoms with Crippen LogP contribution >= 0.6 is 0 Å². The number of benzene rings is 1. The number of ketones is 1. The topological polar surface area (TPSA) is 35.5 Å². The normalized spacial score (nSPS) is 10.6. The van der Waals surface area contributed by atoms with Gasteiger partial charge in [-0.25, -0.2) is 0 Å². The number of Topliss-reactive ketones (excluding diaryl/α,β-unsaturated/α-hetero) is 1. The molecule has 0 bridgehead atoms. The smallest absolute Gasteiger partial charge is 0.175 e. The van der Waals surface area contributed by atoms with Crippen molar-refractivity contribution in [1.82, 2.24) is 0 Å². The third-order valence-electron chi connectivity index (χ3n) is 2.72. The molecule has 0 atom stereocenters. The van der Waals surface area contributed by atoms with Crippen LogP contribution in [0.4, 0.5) is 0 Å². The fourth-order valence-corrected chi connectivity index (χ4v) is 1.69. The van der Waals surface area contributed by atoms with Gasteiger partial charge in [0.1, 0.15) is 17.1 Å². The summed E-state index contributed by atoms with van der Waals surface area (Å²) >= 11 is 0. The first-order valence-electron chi connectivity index (χ1n) is 5.93. The predicted molar refractivity (Wildman–Crippen MR) is 71.4 cm³/mol. The maximum atomic E-state index is 12.3. The SMILES string of the molecule is COc1cccc(OC)c1C(=O)CC[N+](C)(C)C.[I-]. The van der Waals surface area contributed by atoms with Gasteiger partial charge in [-0.2, -0.15) is 0 Å². The molecule has 0 unspecified atom stereocenters. The summed E-state index contributed by atoms with van der Waals surface area (Å²) in [7, 11) is 9.31. The van der Waals surface area contributed by atoms with Gasteiger partial charge in [0.15, 0.2) is 5.78 Å². The van der Waals surface area contributed by atoms with E-state index in [1.165, 1.54) is 0 Å². The molecule has 0 aliphatic carbocycles. The molecule has 0 heterocycles. The minimum Gasteiger partial charge on any atom is -1.00 e. The number of hydrogen-bond acceptors (Lipinski definition) is 3. The van der Waals surface area contributed by atoms with Gasteiger partial charge in [0.2, 0.25) is 0 Å². The van der Waals surface area contributed by atoms with Crippen LogP contribution in [0.3, 0.4) is 0 Å². The van der Waals surface area contributed by atoms with Crippen molar-refractivity contribution in [3.05, 3.63) is 23.8 Å². The highest BCUT2D eigenvalue weighted by Gasteiger charge is 2.20. The van der Waals surface area contributed by atoms with Gasteiger partial charge in [0, 0.05) is 0 Å². The number of carbonyl (C=O) groups excluding carboxylic acids is 1. The summed E-state index contributed by atoms with van der Waals surface area (Å²) in [4.78, 5) is 12.3. The summed E-state index contributed by atoms with van der Waals surface area (Å²) in [6.45, 7) is 0.778. The Hall–Kier alpha value is -0.820. The average Bonchev–Trinajstić information content (AvgIpc) is 2.33. The molecule has 4 nitrogen and oxygen atoms in total. The van der Waals surface area contributed by atoms with Gasteiger partial charge in [-0.05, 0) is 12.1 Å². The molecular formula is C14H22INO3. The predicted octanol–water partition coefficient (Wildman–Crippen LogP) is -1.01. The lowest BCUT2D eigenvalue weighted by atomic mass is 10.1. The van der Waals surface area contributed by atoms with E-state index in [4.69, 9.17) is 9.47 Å². The Morgan fingerprint density at radius 1 is 1.11 bits per heavy atom. The first kappa shape index (κ1) is 18.2. The second-order valence-electron chi connectivity index (χ2n) is 5.22. The zero-order valence-corrected chi connectivity index (χ0v) is 14.4. The standard InChI is InChI=1S/C14H22NO3.HI/c1-15(2,3)10-9-11(16)14-12(17-4)7-6-8-13(14)18-5;/h6-8H,9-10H2,1-5H3;1H/q+1;/p-1. The van der Waals surface area contributed by atoms with Gasteiger partial charge >= 0.3 is 0 Å². The lowest BCUT2D eigenvalue weighted by Crippen LogP contribution is -3.00. The molecule has 5 heteroatoms. The number of halogens is 1. The number of methoxy groups -OCH3 is 2. The molecule has 1 aromatic rings. The lowest BCUT2D eigenvalue weighted by molar-refractivity contribution is -0.869. The number of nitrogens with zero attached hydrogens (tertiary/aromatic N) is 1. The van der Waals surface area contributed by atoms with Crippen LogP contribution in [0.25, 0.3) is 0 Å². The molecule has 0 saturated carbocycles. The van der Waals surface area contributed by atoms with Crippen LogP contribution < -0.4 is 33.5 Å². The van der Waals surface area contributed by atoms with Crippen LogP contribution in [-0.4, -0.2) is 52.2 Å². The van der Waals surface area contributed by atoms with Gasteiger partial charge in [0.05, 0.1) is 48.3 Å². The summed E-state index contributed by atoms with van der Waals surface area (Å²) in [6, 6.07) is 5.37.